The monoisotopic (exact) mass is 311 g/mol. The first-order valence-corrected chi connectivity index (χ1v) is 9.61. The van der Waals surface area contributed by atoms with Crippen LogP contribution in [0.2, 0.25) is 0 Å². The van der Waals surface area contributed by atoms with Crippen LogP contribution in [0.4, 0.5) is 5.69 Å². The Kier molecular flexibility index (Phi) is 3.77. The highest BCUT2D eigenvalue weighted by Crippen LogP contribution is 2.35. The zero-order chi connectivity index (χ0) is 14.2. The highest BCUT2D eigenvalue weighted by atomic mass is 32.2. The van der Waals surface area contributed by atoms with Crippen molar-refractivity contribution in [3.63, 3.8) is 0 Å². The molecule has 6 heteroatoms. The minimum Gasteiger partial charge on any atom is -0.311 e. The van der Waals surface area contributed by atoms with Gasteiger partial charge in [-0.15, -0.1) is 11.8 Å². The molecule has 0 aromatic heterocycles. The van der Waals surface area contributed by atoms with Crippen LogP contribution in [0.15, 0.2) is 29.2 Å². The fourth-order valence-corrected chi connectivity index (χ4v) is 5.49. The number of carbonyl (C=O) groups is 1. The molecule has 2 heterocycles. The van der Waals surface area contributed by atoms with Crippen molar-refractivity contribution in [2.45, 2.75) is 17.7 Å². The predicted molar refractivity (Wildman–Crippen MR) is 80.9 cm³/mol. The Morgan fingerprint density at radius 1 is 1.30 bits per heavy atom. The lowest BCUT2D eigenvalue weighted by Crippen LogP contribution is -2.37. The van der Waals surface area contributed by atoms with Gasteiger partial charge in [-0.25, -0.2) is 8.42 Å². The third kappa shape index (κ3) is 2.72. The second-order valence-corrected chi connectivity index (χ2v) is 8.63. The minimum absolute atomic E-state index is 0.0116. The lowest BCUT2D eigenvalue weighted by molar-refractivity contribution is -0.121. The molecule has 1 unspecified atom stereocenters. The third-order valence-corrected chi connectivity index (χ3v) is 6.70. The first-order valence-electron chi connectivity index (χ1n) is 6.80. The van der Waals surface area contributed by atoms with Crippen molar-refractivity contribution < 1.29 is 13.2 Å². The molecule has 4 nitrogen and oxygen atoms in total. The molecule has 0 spiro atoms. The molecule has 1 fully saturated rings. The van der Waals surface area contributed by atoms with Gasteiger partial charge in [0.15, 0.2) is 9.84 Å². The van der Waals surface area contributed by atoms with Gasteiger partial charge in [-0.05, 0) is 30.7 Å². The van der Waals surface area contributed by atoms with Crippen LogP contribution in [0.5, 0.6) is 0 Å². The summed E-state index contributed by atoms with van der Waals surface area (Å²) in [7, 11) is -3.02. The number of carbonyl (C=O) groups excluding carboxylic acids is 1. The summed E-state index contributed by atoms with van der Waals surface area (Å²) >= 11 is 1.76. The number of anilines is 1. The highest BCUT2D eigenvalue weighted by Gasteiger charge is 2.36. The molecule has 0 radical (unpaired) electrons. The van der Waals surface area contributed by atoms with Gasteiger partial charge in [0.25, 0.3) is 0 Å². The minimum atomic E-state index is -3.02. The van der Waals surface area contributed by atoms with Crippen LogP contribution in [0.1, 0.15) is 12.8 Å². The van der Waals surface area contributed by atoms with E-state index in [0.29, 0.717) is 13.0 Å². The molecule has 20 heavy (non-hydrogen) atoms. The average Bonchev–Trinajstić information content (AvgIpc) is 2.68. The number of thioether (sulfide) groups is 1. The van der Waals surface area contributed by atoms with Crippen molar-refractivity contribution >= 4 is 33.2 Å². The standard InChI is InChI=1S/C14H17NO3S2/c16-14(11-6-9-20(17,18)10-11)15-7-3-8-19-13-5-2-1-4-12(13)15/h1-2,4-5,11H,3,6-10H2. The van der Waals surface area contributed by atoms with Crippen LogP contribution in [0, 0.1) is 5.92 Å². The molecule has 2 aliphatic heterocycles. The molecule has 1 atom stereocenters. The quantitative estimate of drug-likeness (QED) is 0.795. The number of nitrogens with zero attached hydrogens (tertiary/aromatic N) is 1. The van der Waals surface area contributed by atoms with Gasteiger partial charge >= 0.3 is 0 Å². The summed E-state index contributed by atoms with van der Waals surface area (Å²) in [6.07, 6.45) is 1.40. The van der Waals surface area contributed by atoms with Crippen LogP contribution in [-0.4, -0.2) is 38.1 Å². The molecule has 0 saturated carbocycles. The van der Waals surface area contributed by atoms with Crippen LogP contribution in [-0.2, 0) is 14.6 Å². The third-order valence-electron chi connectivity index (χ3n) is 3.79. The van der Waals surface area contributed by atoms with E-state index in [1.165, 1.54) is 0 Å². The normalized spacial score (nSPS) is 25.0. The topological polar surface area (TPSA) is 54.5 Å². The molecule has 1 saturated heterocycles. The van der Waals surface area contributed by atoms with Gasteiger partial charge in [-0.2, -0.15) is 0 Å². The van der Waals surface area contributed by atoms with Crippen molar-refractivity contribution in [3.8, 4) is 0 Å². The molecule has 1 aromatic carbocycles. The maximum Gasteiger partial charge on any atom is 0.231 e. The van der Waals surface area contributed by atoms with Crippen molar-refractivity contribution in [1.82, 2.24) is 0 Å². The number of para-hydroxylation sites is 1. The number of amides is 1. The maximum atomic E-state index is 12.7. The van der Waals surface area contributed by atoms with Crippen LogP contribution in [0.25, 0.3) is 0 Å². The van der Waals surface area contributed by atoms with Gasteiger partial charge < -0.3 is 4.90 Å². The summed E-state index contributed by atoms with van der Waals surface area (Å²) in [6.45, 7) is 0.680. The summed E-state index contributed by atoms with van der Waals surface area (Å²) in [5, 5.41) is 0. The highest BCUT2D eigenvalue weighted by molar-refractivity contribution is 7.99. The number of fused-ring (bicyclic) bond motifs is 1. The first kappa shape index (κ1) is 13.9. The fraction of sp³-hybridized carbons (Fsp3) is 0.500. The Balaban J connectivity index is 1.88. The van der Waals surface area contributed by atoms with E-state index in [4.69, 9.17) is 0 Å². The summed E-state index contributed by atoms with van der Waals surface area (Å²) in [5.74, 6) is 0.756. The van der Waals surface area contributed by atoms with Gasteiger partial charge in [-0.3, -0.25) is 4.79 Å². The summed E-state index contributed by atoms with van der Waals surface area (Å²) in [6, 6.07) is 7.88. The summed E-state index contributed by atoms with van der Waals surface area (Å²) in [5.41, 5.74) is 0.935. The lowest BCUT2D eigenvalue weighted by atomic mass is 10.1. The van der Waals surface area contributed by atoms with Crippen molar-refractivity contribution in [2.75, 3.05) is 28.7 Å². The average molecular weight is 311 g/mol. The van der Waals surface area contributed by atoms with E-state index in [-0.39, 0.29) is 23.3 Å². The van der Waals surface area contributed by atoms with E-state index >= 15 is 0 Å². The zero-order valence-corrected chi connectivity index (χ0v) is 12.8. The molecule has 2 aliphatic rings. The van der Waals surface area contributed by atoms with Crippen LogP contribution in [0.3, 0.4) is 0 Å². The number of hydrogen-bond donors (Lipinski definition) is 0. The molecular formula is C14H17NO3S2. The Bertz CT molecular complexity index is 627. The van der Waals surface area contributed by atoms with E-state index in [0.717, 1.165) is 22.8 Å². The van der Waals surface area contributed by atoms with Gasteiger partial charge in [-0.1, -0.05) is 12.1 Å². The molecular weight excluding hydrogens is 294 g/mol. The number of hydrogen-bond acceptors (Lipinski definition) is 4. The molecule has 0 N–H and O–H groups in total. The predicted octanol–water partition coefficient (Wildman–Crippen LogP) is 1.95. The number of sulfone groups is 1. The van der Waals surface area contributed by atoms with E-state index in [2.05, 4.69) is 0 Å². The molecule has 1 aromatic rings. The van der Waals surface area contributed by atoms with E-state index in [1.807, 2.05) is 24.3 Å². The van der Waals surface area contributed by atoms with Crippen LogP contribution >= 0.6 is 11.8 Å². The van der Waals surface area contributed by atoms with Crippen molar-refractivity contribution in [1.29, 1.82) is 0 Å². The Morgan fingerprint density at radius 3 is 2.85 bits per heavy atom. The van der Waals surface area contributed by atoms with Crippen molar-refractivity contribution in [3.05, 3.63) is 24.3 Å². The Labute approximate surface area is 123 Å². The summed E-state index contributed by atoms with van der Waals surface area (Å²) in [4.78, 5) is 15.6. The number of benzene rings is 1. The van der Waals surface area contributed by atoms with Gasteiger partial charge in [0.05, 0.1) is 23.1 Å². The second kappa shape index (κ2) is 5.41. The van der Waals surface area contributed by atoms with Crippen molar-refractivity contribution in [2.24, 2.45) is 5.92 Å². The molecule has 3 rings (SSSR count). The lowest BCUT2D eigenvalue weighted by Gasteiger charge is -2.25. The number of rotatable bonds is 1. The van der Waals surface area contributed by atoms with E-state index < -0.39 is 9.84 Å². The van der Waals surface area contributed by atoms with Gasteiger partial charge in [0.2, 0.25) is 5.91 Å². The van der Waals surface area contributed by atoms with E-state index in [9.17, 15) is 13.2 Å². The fourth-order valence-electron chi connectivity index (χ4n) is 2.77. The Hall–Kier alpha value is -1.01. The molecule has 108 valence electrons. The van der Waals surface area contributed by atoms with E-state index in [1.54, 1.807) is 16.7 Å². The smallest absolute Gasteiger partial charge is 0.231 e. The zero-order valence-electron chi connectivity index (χ0n) is 11.1. The molecule has 1 amide bonds. The Morgan fingerprint density at radius 2 is 2.10 bits per heavy atom. The first-order chi connectivity index (χ1) is 9.57. The summed E-state index contributed by atoms with van der Waals surface area (Å²) < 4.78 is 23.1. The van der Waals surface area contributed by atoms with Gasteiger partial charge in [0, 0.05) is 11.4 Å². The maximum absolute atomic E-state index is 12.7. The molecule has 0 aliphatic carbocycles. The van der Waals surface area contributed by atoms with Gasteiger partial charge in [0.1, 0.15) is 0 Å². The largest absolute Gasteiger partial charge is 0.311 e. The van der Waals surface area contributed by atoms with Crippen LogP contribution < -0.4 is 4.90 Å². The second-order valence-electron chi connectivity index (χ2n) is 5.26. The SMILES string of the molecule is O=C(C1CCS(=O)(=O)C1)N1CCCSc2ccccc21. The molecule has 0 bridgehead atoms.